The van der Waals surface area contributed by atoms with Crippen molar-refractivity contribution in [2.75, 3.05) is 18.0 Å². The normalized spacial score (nSPS) is 18.5. The Bertz CT molecular complexity index is 1080. The van der Waals surface area contributed by atoms with Crippen molar-refractivity contribution >= 4 is 35.9 Å². The maximum atomic E-state index is 12.9. The molecule has 0 bridgehead atoms. The first-order chi connectivity index (χ1) is 14.3. The number of anilines is 1. The Hall–Kier alpha value is -2.91. The first-order valence-corrected chi connectivity index (χ1v) is 9.96. The molecule has 1 aliphatic heterocycles. The number of nitrogens with zero attached hydrogens (tertiary/aromatic N) is 2. The van der Waals surface area contributed by atoms with Crippen LogP contribution in [0.2, 0.25) is 0 Å². The van der Waals surface area contributed by atoms with Crippen LogP contribution in [0, 0.1) is 6.92 Å². The zero-order valence-electron chi connectivity index (χ0n) is 16.8. The lowest BCUT2D eigenvalue weighted by atomic mass is 10.0. The van der Waals surface area contributed by atoms with E-state index in [9.17, 15) is 23.0 Å². The summed E-state index contributed by atoms with van der Waals surface area (Å²) in [5, 5.41) is 3.24. The van der Waals surface area contributed by atoms with Gasteiger partial charge in [0.05, 0.1) is 5.52 Å². The minimum absolute atomic E-state index is 0.0646. The zero-order valence-corrected chi connectivity index (χ0v) is 16.8. The minimum Gasteiger partial charge on any atom is -0.474 e. The number of hydrogen-bond acceptors (Lipinski definition) is 5. The van der Waals surface area contributed by atoms with Crippen LogP contribution >= 0.6 is 0 Å². The smallest absolute Gasteiger partial charge is 0.474 e. The van der Waals surface area contributed by atoms with Gasteiger partial charge in [-0.25, -0.2) is 13.4 Å². The van der Waals surface area contributed by atoms with Gasteiger partial charge in [0.15, 0.2) is 0 Å². The van der Waals surface area contributed by atoms with Crippen molar-refractivity contribution in [3.8, 4) is 0 Å². The van der Waals surface area contributed by atoms with Gasteiger partial charge in [0.25, 0.3) is 0 Å². The van der Waals surface area contributed by atoms with Gasteiger partial charge >= 0.3 is 13.4 Å². The monoisotopic (exact) mass is 417 g/mol. The van der Waals surface area contributed by atoms with E-state index >= 15 is 0 Å². The number of nitrogens with one attached hydrogen (secondary N) is 1. The first-order valence-electron chi connectivity index (χ1n) is 9.96. The molecule has 0 unspecified atom stereocenters. The number of halogens is 2. The fraction of sp³-hybridized carbons (Fsp3) is 0.450. The molecule has 2 heterocycles. The summed E-state index contributed by atoms with van der Waals surface area (Å²) in [4.78, 5) is 38.4. The molecule has 1 aliphatic carbocycles. The lowest BCUT2D eigenvalue weighted by Gasteiger charge is -2.24. The molecule has 10 heteroatoms. The summed E-state index contributed by atoms with van der Waals surface area (Å²) >= 11 is 0. The molecular weight excluding hydrogens is 395 g/mol. The number of benzene rings is 1. The van der Waals surface area contributed by atoms with Crippen LogP contribution in [0.1, 0.15) is 48.1 Å². The van der Waals surface area contributed by atoms with E-state index in [1.165, 1.54) is 13.1 Å². The van der Waals surface area contributed by atoms with E-state index in [-0.39, 0.29) is 23.6 Å². The Kier molecular flexibility index (Phi) is 5.25. The van der Waals surface area contributed by atoms with Gasteiger partial charge < -0.3 is 19.4 Å². The number of carbonyl (C=O) groups excluding carboxylic acids is 2. The molecule has 4 rings (SSSR count). The summed E-state index contributed by atoms with van der Waals surface area (Å²) in [7, 11) is -3.28. The van der Waals surface area contributed by atoms with E-state index in [4.69, 9.17) is 0 Å². The van der Waals surface area contributed by atoms with Crippen molar-refractivity contribution in [1.29, 1.82) is 0 Å². The van der Waals surface area contributed by atoms with Crippen molar-refractivity contribution in [1.82, 2.24) is 9.88 Å². The molecule has 1 amide bonds. The van der Waals surface area contributed by atoms with Gasteiger partial charge in [-0.3, -0.25) is 9.59 Å². The van der Waals surface area contributed by atoms with E-state index in [1.807, 2.05) is 17.6 Å². The molecule has 2 aliphatic rings. The van der Waals surface area contributed by atoms with Crippen molar-refractivity contribution < 1.29 is 22.9 Å². The van der Waals surface area contributed by atoms with Crippen molar-refractivity contribution in [3.05, 3.63) is 39.7 Å². The van der Waals surface area contributed by atoms with Crippen molar-refractivity contribution in [2.24, 2.45) is 0 Å². The highest BCUT2D eigenvalue weighted by atomic mass is 19.2. The van der Waals surface area contributed by atoms with Gasteiger partial charge in [-0.15, -0.1) is 0 Å². The van der Waals surface area contributed by atoms with E-state index in [0.29, 0.717) is 17.4 Å². The molecular formula is C20H22BF2N3O4. The van der Waals surface area contributed by atoms with Crippen LogP contribution < -0.4 is 15.6 Å². The quantitative estimate of drug-likeness (QED) is 0.757. The summed E-state index contributed by atoms with van der Waals surface area (Å²) < 4.78 is 30.8. The zero-order chi connectivity index (χ0) is 21.6. The molecule has 158 valence electrons. The van der Waals surface area contributed by atoms with Crippen LogP contribution in [0.25, 0.3) is 10.9 Å². The third-order valence-corrected chi connectivity index (χ3v) is 5.71. The third-order valence-electron chi connectivity index (χ3n) is 5.71. The third kappa shape index (κ3) is 3.78. The predicted octanol–water partition coefficient (Wildman–Crippen LogP) is 2.44. The SMILES string of the molecule is CC(=O)N[C@H]1CCN(c2ccc3c(=O)c(C(=O)OB(F)F)cn(C4CC4)c3c2C)C1. The predicted molar refractivity (Wildman–Crippen MR) is 109 cm³/mol. The van der Waals surface area contributed by atoms with Gasteiger partial charge in [-0.1, -0.05) is 0 Å². The minimum atomic E-state index is -3.28. The van der Waals surface area contributed by atoms with E-state index in [1.54, 1.807) is 6.07 Å². The number of aryl methyl sites for hydroxylation is 1. The van der Waals surface area contributed by atoms with E-state index in [0.717, 1.165) is 37.1 Å². The number of rotatable bonds is 5. The second-order valence-corrected chi connectivity index (χ2v) is 7.91. The van der Waals surface area contributed by atoms with Gasteiger partial charge in [-0.05, 0) is 43.9 Å². The van der Waals surface area contributed by atoms with Crippen LogP contribution in [-0.2, 0) is 9.45 Å². The summed E-state index contributed by atoms with van der Waals surface area (Å²) in [5.74, 6) is -1.38. The number of hydrogen-bond donors (Lipinski definition) is 1. The van der Waals surface area contributed by atoms with Gasteiger partial charge in [0.2, 0.25) is 11.3 Å². The average Bonchev–Trinajstić information content (AvgIpc) is 3.41. The van der Waals surface area contributed by atoms with E-state index < -0.39 is 18.9 Å². The Morgan fingerprint density at radius 1 is 1.23 bits per heavy atom. The molecule has 1 N–H and O–H groups in total. The second-order valence-electron chi connectivity index (χ2n) is 7.91. The summed E-state index contributed by atoms with van der Waals surface area (Å²) in [6.45, 7) is 4.84. The maximum absolute atomic E-state index is 12.9. The molecule has 30 heavy (non-hydrogen) atoms. The molecule has 1 aromatic carbocycles. The Morgan fingerprint density at radius 2 is 1.97 bits per heavy atom. The molecule has 1 saturated heterocycles. The van der Waals surface area contributed by atoms with Crippen LogP contribution in [-0.4, -0.2) is 43.0 Å². The lowest BCUT2D eigenvalue weighted by Crippen LogP contribution is -2.35. The fourth-order valence-electron chi connectivity index (χ4n) is 4.27. The highest BCUT2D eigenvalue weighted by molar-refractivity contribution is 6.38. The second kappa shape index (κ2) is 7.73. The van der Waals surface area contributed by atoms with Crippen LogP contribution in [0.5, 0.6) is 0 Å². The van der Waals surface area contributed by atoms with Gasteiger partial charge in [0, 0.05) is 49.4 Å². The molecule has 1 saturated carbocycles. The molecule has 0 radical (unpaired) electrons. The highest BCUT2D eigenvalue weighted by Gasteiger charge is 2.31. The summed E-state index contributed by atoms with van der Waals surface area (Å²) in [5.41, 5.74) is 1.55. The van der Waals surface area contributed by atoms with Gasteiger partial charge in [-0.2, -0.15) is 0 Å². The fourth-order valence-corrected chi connectivity index (χ4v) is 4.27. The number of fused-ring (bicyclic) bond motifs is 1. The topological polar surface area (TPSA) is 80.6 Å². The number of aromatic nitrogens is 1. The Morgan fingerprint density at radius 3 is 2.60 bits per heavy atom. The Labute approximate surface area is 172 Å². The van der Waals surface area contributed by atoms with Gasteiger partial charge in [0.1, 0.15) is 5.56 Å². The highest BCUT2D eigenvalue weighted by Crippen LogP contribution is 2.39. The molecule has 2 fully saturated rings. The molecule has 1 aromatic heterocycles. The lowest BCUT2D eigenvalue weighted by molar-refractivity contribution is -0.119. The number of pyridine rings is 1. The number of amides is 1. The molecule has 1 atom stereocenters. The van der Waals surface area contributed by atoms with Crippen molar-refractivity contribution in [3.63, 3.8) is 0 Å². The molecule has 7 nitrogen and oxygen atoms in total. The summed E-state index contributed by atoms with van der Waals surface area (Å²) in [6.07, 6.45) is 3.96. The standard InChI is InChI=1S/C20H22BF2N3O4/c1-11-17(25-8-7-13(9-25)24-12(2)27)6-5-15-18(11)26(14-3-4-14)10-16(19(15)28)20(29)30-21(22)23/h5-6,10,13-14H,3-4,7-9H2,1-2H3,(H,24,27)/t13-/m0/s1. The van der Waals surface area contributed by atoms with Crippen molar-refractivity contribution in [2.45, 2.75) is 45.2 Å². The average molecular weight is 417 g/mol. The largest absolute Gasteiger partial charge is 0.798 e. The Balaban J connectivity index is 1.78. The molecule has 2 aromatic rings. The van der Waals surface area contributed by atoms with Crippen LogP contribution in [0.3, 0.4) is 0 Å². The summed E-state index contributed by atoms with van der Waals surface area (Å²) in [6, 6.07) is 3.64. The van der Waals surface area contributed by atoms with Crippen LogP contribution in [0.15, 0.2) is 23.1 Å². The maximum Gasteiger partial charge on any atom is 0.798 e. The number of carbonyl (C=O) groups is 2. The molecule has 0 spiro atoms. The van der Waals surface area contributed by atoms with Crippen LogP contribution in [0.4, 0.5) is 14.3 Å². The first kappa shape index (κ1) is 20.4. The van der Waals surface area contributed by atoms with E-state index in [2.05, 4.69) is 14.9 Å².